The highest BCUT2D eigenvalue weighted by Crippen LogP contribution is 2.36. The lowest BCUT2D eigenvalue weighted by atomic mass is 10.1. The normalized spacial score (nSPS) is 12.1. The van der Waals surface area contributed by atoms with E-state index in [1.165, 1.54) is 12.5 Å². The molecular formula is C18H23F3NO2S. The topological polar surface area (TPSA) is 57.9 Å². The van der Waals surface area contributed by atoms with E-state index in [9.17, 15) is 21.6 Å². The lowest BCUT2D eigenvalue weighted by Crippen LogP contribution is -2.17. The fourth-order valence-electron chi connectivity index (χ4n) is 2.63. The third-order valence-electron chi connectivity index (χ3n) is 3.94. The van der Waals surface area contributed by atoms with Crippen LogP contribution in [0.3, 0.4) is 0 Å². The summed E-state index contributed by atoms with van der Waals surface area (Å²) in [6.07, 6.45) is 2.50. The van der Waals surface area contributed by atoms with Crippen molar-refractivity contribution in [1.82, 2.24) is 0 Å². The summed E-state index contributed by atoms with van der Waals surface area (Å²) in [6.45, 7) is 2.12. The quantitative estimate of drug-likeness (QED) is 0.523. The van der Waals surface area contributed by atoms with E-state index < -0.39 is 32.0 Å². The van der Waals surface area contributed by atoms with Gasteiger partial charge in [0, 0.05) is 6.07 Å². The predicted molar refractivity (Wildman–Crippen MR) is 89.7 cm³/mol. The van der Waals surface area contributed by atoms with Crippen LogP contribution in [0, 0.1) is 17.4 Å². The van der Waals surface area contributed by atoms with Crippen LogP contribution in [0.1, 0.15) is 69.4 Å². The SMILES string of the molecule is CCCCCCCCCCS(=O)(=O)c1[c]ccc(C#N)c1C(F)(F)F. The molecule has 0 amide bonds. The van der Waals surface area contributed by atoms with Crippen molar-refractivity contribution in [2.45, 2.75) is 69.4 Å². The molecule has 0 fully saturated rings. The Balaban J connectivity index is 2.72. The van der Waals surface area contributed by atoms with Gasteiger partial charge in [-0.3, -0.25) is 0 Å². The van der Waals surface area contributed by atoms with Gasteiger partial charge in [0.25, 0.3) is 0 Å². The Morgan fingerprint density at radius 3 is 2.16 bits per heavy atom. The summed E-state index contributed by atoms with van der Waals surface area (Å²) in [7, 11) is -4.13. The van der Waals surface area contributed by atoms with Crippen molar-refractivity contribution in [2.24, 2.45) is 0 Å². The highest BCUT2D eigenvalue weighted by atomic mass is 32.2. The van der Waals surface area contributed by atoms with Crippen LogP contribution >= 0.6 is 0 Å². The summed E-state index contributed by atoms with van der Waals surface area (Å²) >= 11 is 0. The second-order valence-corrected chi connectivity index (χ2v) is 8.04. The number of benzene rings is 1. The van der Waals surface area contributed by atoms with Crippen molar-refractivity contribution in [3.05, 3.63) is 29.3 Å². The molecule has 1 rings (SSSR count). The molecule has 0 N–H and O–H groups in total. The van der Waals surface area contributed by atoms with Gasteiger partial charge in [-0.25, -0.2) is 8.42 Å². The lowest BCUT2D eigenvalue weighted by molar-refractivity contribution is -0.140. The summed E-state index contributed by atoms with van der Waals surface area (Å²) in [5.41, 5.74) is -2.10. The van der Waals surface area contributed by atoms with Crippen LogP contribution in [-0.2, 0) is 16.0 Å². The van der Waals surface area contributed by atoms with Crippen LogP contribution < -0.4 is 0 Å². The van der Waals surface area contributed by atoms with E-state index in [0.29, 0.717) is 12.8 Å². The molecule has 0 aliphatic rings. The Morgan fingerprint density at radius 1 is 1.08 bits per heavy atom. The number of unbranched alkanes of at least 4 members (excludes halogenated alkanes) is 7. The van der Waals surface area contributed by atoms with Gasteiger partial charge < -0.3 is 0 Å². The molecule has 0 saturated carbocycles. The molecule has 3 nitrogen and oxygen atoms in total. The summed E-state index contributed by atoms with van der Waals surface area (Å²) < 4.78 is 64.1. The van der Waals surface area contributed by atoms with Crippen LogP contribution in [0.5, 0.6) is 0 Å². The van der Waals surface area contributed by atoms with Crippen molar-refractivity contribution >= 4 is 9.84 Å². The predicted octanol–water partition coefficient (Wildman–Crippen LogP) is 5.29. The number of sulfone groups is 1. The molecule has 139 valence electrons. The molecule has 1 aromatic carbocycles. The Labute approximate surface area is 147 Å². The molecule has 0 unspecified atom stereocenters. The largest absolute Gasteiger partial charge is 0.418 e. The first-order chi connectivity index (χ1) is 11.7. The molecule has 1 aromatic rings. The van der Waals surface area contributed by atoms with E-state index in [4.69, 9.17) is 5.26 Å². The van der Waals surface area contributed by atoms with Crippen molar-refractivity contribution < 1.29 is 21.6 Å². The fourth-order valence-corrected chi connectivity index (χ4v) is 4.20. The van der Waals surface area contributed by atoms with Crippen molar-refractivity contribution in [3.63, 3.8) is 0 Å². The van der Waals surface area contributed by atoms with Gasteiger partial charge >= 0.3 is 6.18 Å². The first kappa shape index (κ1) is 21.5. The first-order valence-electron chi connectivity index (χ1n) is 8.48. The zero-order valence-electron chi connectivity index (χ0n) is 14.3. The van der Waals surface area contributed by atoms with Gasteiger partial charge in [0.2, 0.25) is 0 Å². The van der Waals surface area contributed by atoms with Gasteiger partial charge in [0.05, 0.1) is 27.8 Å². The van der Waals surface area contributed by atoms with E-state index >= 15 is 0 Å². The molecule has 0 bridgehead atoms. The van der Waals surface area contributed by atoms with Crippen molar-refractivity contribution in [2.75, 3.05) is 5.75 Å². The van der Waals surface area contributed by atoms with E-state index in [0.717, 1.165) is 44.2 Å². The monoisotopic (exact) mass is 374 g/mol. The van der Waals surface area contributed by atoms with Gasteiger partial charge in [-0.2, -0.15) is 18.4 Å². The minimum Gasteiger partial charge on any atom is -0.224 e. The second-order valence-electron chi connectivity index (χ2n) is 6.00. The number of hydrogen-bond donors (Lipinski definition) is 0. The van der Waals surface area contributed by atoms with Crippen molar-refractivity contribution in [1.29, 1.82) is 5.26 Å². The average molecular weight is 374 g/mol. The highest BCUT2D eigenvalue weighted by Gasteiger charge is 2.39. The third kappa shape index (κ3) is 6.69. The zero-order chi connectivity index (χ0) is 18.9. The second kappa shape index (κ2) is 9.81. The minimum absolute atomic E-state index is 0.304. The minimum atomic E-state index is -4.91. The van der Waals surface area contributed by atoms with Crippen LogP contribution in [0.2, 0.25) is 0 Å². The Kier molecular flexibility index (Phi) is 8.43. The standard InChI is InChI=1S/C18H23F3NO2S/c1-2-3-4-5-6-7-8-9-13-25(23,24)16-12-10-11-15(14-22)17(16)18(19,20)21/h10-11H,2-9,13H2,1H3. The number of alkyl halides is 3. The van der Waals surface area contributed by atoms with E-state index in [2.05, 4.69) is 13.0 Å². The third-order valence-corrected chi connectivity index (χ3v) is 5.71. The number of rotatable bonds is 10. The maximum Gasteiger partial charge on any atom is 0.418 e. The summed E-state index contributed by atoms with van der Waals surface area (Å²) in [6, 6.07) is 5.56. The molecule has 0 heterocycles. The van der Waals surface area contributed by atoms with Gasteiger partial charge in [0.1, 0.15) is 0 Å². The molecular weight excluding hydrogens is 351 g/mol. The fraction of sp³-hybridized carbons (Fsp3) is 0.611. The zero-order valence-corrected chi connectivity index (χ0v) is 15.1. The Bertz CT molecular complexity index is 691. The van der Waals surface area contributed by atoms with Crippen molar-refractivity contribution in [3.8, 4) is 6.07 Å². The molecule has 0 aliphatic heterocycles. The lowest BCUT2D eigenvalue weighted by Gasteiger charge is -2.14. The number of nitrogens with zero attached hydrogens (tertiary/aromatic N) is 1. The van der Waals surface area contributed by atoms with Gasteiger partial charge in [-0.1, -0.05) is 57.9 Å². The van der Waals surface area contributed by atoms with Crippen LogP contribution in [0.4, 0.5) is 13.2 Å². The molecule has 7 heteroatoms. The molecule has 25 heavy (non-hydrogen) atoms. The summed E-state index contributed by atoms with van der Waals surface area (Å²) in [5.74, 6) is -0.365. The molecule has 0 spiro atoms. The van der Waals surface area contributed by atoms with E-state index in [1.54, 1.807) is 0 Å². The number of nitriles is 1. The summed E-state index contributed by atoms with van der Waals surface area (Å²) in [5, 5.41) is 8.85. The maximum atomic E-state index is 13.2. The first-order valence-corrected chi connectivity index (χ1v) is 10.1. The van der Waals surface area contributed by atoms with Gasteiger partial charge in [-0.15, -0.1) is 0 Å². The molecule has 0 saturated heterocycles. The number of halogens is 3. The van der Waals surface area contributed by atoms with E-state index in [-0.39, 0.29) is 5.75 Å². The molecule has 0 aromatic heterocycles. The van der Waals surface area contributed by atoms with Crippen LogP contribution in [0.15, 0.2) is 17.0 Å². The average Bonchev–Trinajstić information content (AvgIpc) is 2.55. The number of hydrogen-bond acceptors (Lipinski definition) is 3. The Hall–Kier alpha value is -1.55. The molecule has 0 atom stereocenters. The smallest absolute Gasteiger partial charge is 0.224 e. The van der Waals surface area contributed by atoms with E-state index in [1.807, 2.05) is 0 Å². The Morgan fingerprint density at radius 2 is 1.64 bits per heavy atom. The molecule has 0 aliphatic carbocycles. The van der Waals surface area contributed by atoms with Crippen LogP contribution in [0.25, 0.3) is 0 Å². The van der Waals surface area contributed by atoms with Crippen LogP contribution in [-0.4, -0.2) is 14.2 Å². The maximum absolute atomic E-state index is 13.2. The van der Waals surface area contributed by atoms with Gasteiger partial charge in [0.15, 0.2) is 9.84 Å². The highest BCUT2D eigenvalue weighted by molar-refractivity contribution is 7.91. The summed E-state index contributed by atoms with van der Waals surface area (Å²) in [4.78, 5) is -0.915. The molecule has 1 radical (unpaired) electrons. The van der Waals surface area contributed by atoms with Gasteiger partial charge in [-0.05, 0) is 12.5 Å².